The molecule has 0 bridgehead atoms. The molecule has 0 N–H and O–H groups in total. The van der Waals surface area contributed by atoms with Gasteiger partial charge in [0.1, 0.15) is 6.10 Å². The maximum absolute atomic E-state index is 13.0. The van der Waals surface area contributed by atoms with E-state index in [0.717, 1.165) is 122 Å². The summed E-state index contributed by atoms with van der Waals surface area (Å²) in [5, 5.41) is 0. The largest absolute Gasteiger partial charge is 0.465 e. The minimum atomic E-state index is -0.0230. The van der Waals surface area contributed by atoms with E-state index in [0.29, 0.717) is 19.6 Å². The normalized spacial score (nSPS) is 13.0. The molecular formula is C57H111NO6. The summed E-state index contributed by atoms with van der Waals surface area (Å²) in [5.74, 6) is 0.266. The van der Waals surface area contributed by atoms with Crippen LogP contribution in [0.25, 0.3) is 0 Å². The number of rotatable bonds is 51. The first kappa shape index (κ1) is 62.4. The molecule has 0 aliphatic heterocycles. The van der Waals surface area contributed by atoms with Crippen LogP contribution in [0, 0.1) is 11.8 Å². The molecular weight excluding hydrogens is 795 g/mol. The molecule has 0 aromatic heterocycles. The van der Waals surface area contributed by atoms with Gasteiger partial charge in [-0.25, -0.2) is 0 Å². The molecule has 0 saturated heterocycles. The van der Waals surface area contributed by atoms with Crippen LogP contribution in [0.4, 0.5) is 0 Å². The zero-order valence-electron chi connectivity index (χ0n) is 43.9. The Labute approximate surface area is 399 Å². The quantitative estimate of drug-likeness (QED) is 0.0342. The van der Waals surface area contributed by atoms with Crippen LogP contribution in [0.2, 0.25) is 0 Å². The molecule has 0 fully saturated rings. The Hall–Kier alpha value is -1.63. The summed E-state index contributed by atoms with van der Waals surface area (Å²) in [5.41, 5.74) is 0. The van der Waals surface area contributed by atoms with E-state index in [9.17, 15) is 14.4 Å². The number of carbonyl (C=O) groups is 3. The van der Waals surface area contributed by atoms with Crippen molar-refractivity contribution >= 4 is 17.9 Å². The van der Waals surface area contributed by atoms with Gasteiger partial charge in [0.15, 0.2) is 0 Å². The van der Waals surface area contributed by atoms with Crippen LogP contribution in [0.1, 0.15) is 297 Å². The molecule has 3 atom stereocenters. The fourth-order valence-corrected chi connectivity index (χ4v) is 9.06. The number of unbranched alkanes of at least 4 members (excludes halogenated alkanes) is 28. The van der Waals surface area contributed by atoms with E-state index in [1.807, 2.05) is 0 Å². The highest BCUT2D eigenvalue weighted by molar-refractivity contribution is 5.72. The highest BCUT2D eigenvalue weighted by Gasteiger charge is 2.21. The van der Waals surface area contributed by atoms with Crippen molar-refractivity contribution in [3.63, 3.8) is 0 Å². The SMILES string of the molecule is CCCCCCCCC(CCCCCC)C(=O)OCCCCCCCCCC(CCCCCCCCCOC(=O)C(CCCCCC)CCCCCCC)OC(=O)CCCCN(C)C. The summed E-state index contributed by atoms with van der Waals surface area (Å²) >= 11 is 0. The van der Waals surface area contributed by atoms with Gasteiger partial charge >= 0.3 is 17.9 Å². The van der Waals surface area contributed by atoms with E-state index in [-0.39, 0.29) is 35.8 Å². The molecule has 7 nitrogen and oxygen atoms in total. The summed E-state index contributed by atoms with van der Waals surface area (Å²) < 4.78 is 17.7. The third-order valence-electron chi connectivity index (χ3n) is 13.4. The van der Waals surface area contributed by atoms with Crippen molar-refractivity contribution in [2.45, 2.75) is 303 Å². The second kappa shape index (κ2) is 49.3. The Morgan fingerprint density at radius 1 is 0.359 bits per heavy atom. The smallest absolute Gasteiger partial charge is 0.308 e. The Bertz CT molecular complexity index is 1000. The first-order valence-electron chi connectivity index (χ1n) is 28.5. The summed E-state index contributed by atoms with van der Waals surface area (Å²) in [6.07, 6.45) is 47.8. The van der Waals surface area contributed by atoms with Crippen molar-refractivity contribution in [1.82, 2.24) is 4.90 Å². The highest BCUT2D eigenvalue weighted by Crippen LogP contribution is 2.23. The van der Waals surface area contributed by atoms with E-state index in [1.165, 1.54) is 148 Å². The van der Waals surface area contributed by atoms with E-state index in [1.54, 1.807) is 0 Å². The number of esters is 3. The second-order valence-electron chi connectivity index (χ2n) is 20.1. The molecule has 0 spiro atoms. The average molecular weight is 907 g/mol. The predicted octanol–water partition coefficient (Wildman–Crippen LogP) is 17.2. The van der Waals surface area contributed by atoms with Crippen molar-refractivity contribution in [2.24, 2.45) is 11.8 Å². The number of ether oxygens (including phenoxy) is 3. The topological polar surface area (TPSA) is 82.1 Å². The van der Waals surface area contributed by atoms with Crippen LogP contribution in [-0.4, -0.2) is 62.8 Å². The first-order chi connectivity index (χ1) is 31.3. The third kappa shape index (κ3) is 43.0. The zero-order valence-corrected chi connectivity index (χ0v) is 43.9. The Kier molecular flexibility index (Phi) is 48.0. The van der Waals surface area contributed by atoms with Crippen molar-refractivity contribution in [3.8, 4) is 0 Å². The maximum atomic E-state index is 13.0. The molecule has 0 aromatic carbocycles. The van der Waals surface area contributed by atoms with E-state index >= 15 is 0 Å². The van der Waals surface area contributed by atoms with Crippen molar-refractivity contribution < 1.29 is 28.6 Å². The standard InChI is InChI=1S/C57H111NO6/c1-7-11-15-19-27-35-45-53(43-33-18-14-10-4)57(61)63-51-41-31-25-21-23-29-37-47-54(64-55(59)48-38-39-49-58(5)6)46-36-28-22-20-24-30-40-50-62-56(60)52(42-32-17-13-9-3)44-34-26-16-12-8-2/h52-54H,7-51H2,1-6H3. The molecule has 0 saturated carbocycles. The molecule has 0 amide bonds. The fraction of sp³-hybridized carbons (Fsp3) is 0.947. The van der Waals surface area contributed by atoms with Crippen LogP contribution >= 0.6 is 0 Å². The lowest BCUT2D eigenvalue weighted by atomic mass is 9.94. The molecule has 0 heterocycles. The van der Waals surface area contributed by atoms with Gasteiger partial charge in [0.05, 0.1) is 25.0 Å². The van der Waals surface area contributed by atoms with Gasteiger partial charge in [0.25, 0.3) is 0 Å². The molecule has 7 heteroatoms. The summed E-state index contributed by atoms with van der Waals surface area (Å²) in [6, 6.07) is 0. The average Bonchev–Trinajstić information content (AvgIpc) is 3.28. The summed E-state index contributed by atoms with van der Waals surface area (Å²) in [6.45, 7) is 11.1. The van der Waals surface area contributed by atoms with Gasteiger partial charge in [-0.15, -0.1) is 0 Å². The Balaban J connectivity index is 4.44. The predicted molar refractivity (Wildman–Crippen MR) is 274 cm³/mol. The minimum Gasteiger partial charge on any atom is -0.465 e. The third-order valence-corrected chi connectivity index (χ3v) is 13.4. The summed E-state index contributed by atoms with van der Waals surface area (Å²) in [4.78, 5) is 40.9. The molecule has 0 aromatic rings. The number of hydrogen-bond acceptors (Lipinski definition) is 7. The second-order valence-corrected chi connectivity index (χ2v) is 20.1. The van der Waals surface area contributed by atoms with Crippen LogP contribution in [-0.2, 0) is 28.6 Å². The van der Waals surface area contributed by atoms with E-state index in [2.05, 4.69) is 46.7 Å². The zero-order chi connectivity index (χ0) is 47.0. The van der Waals surface area contributed by atoms with E-state index in [4.69, 9.17) is 14.2 Å². The van der Waals surface area contributed by atoms with Crippen LogP contribution in [0.3, 0.4) is 0 Å². The maximum Gasteiger partial charge on any atom is 0.308 e. The van der Waals surface area contributed by atoms with Gasteiger partial charge in [-0.3, -0.25) is 14.4 Å². The highest BCUT2D eigenvalue weighted by atomic mass is 16.5. The van der Waals surface area contributed by atoms with Crippen LogP contribution in [0.15, 0.2) is 0 Å². The van der Waals surface area contributed by atoms with Gasteiger partial charge < -0.3 is 19.1 Å². The van der Waals surface area contributed by atoms with Gasteiger partial charge in [0, 0.05) is 6.42 Å². The lowest BCUT2D eigenvalue weighted by Gasteiger charge is -2.18. The number of nitrogens with zero attached hydrogens (tertiary/aromatic N) is 1. The van der Waals surface area contributed by atoms with Gasteiger partial charge in [-0.05, 0) is 97.7 Å². The molecule has 64 heavy (non-hydrogen) atoms. The lowest BCUT2D eigenvalue weighted by Crippen LogP contribution is -2.19. The van der Waals surface area contributed by atoms with Crippen LogP contribution < -0.4 is 0 Å². The number of carbonyl (C=O) groups excluding carboxylic acids is 3. The monoisotopic (exact) mass is 906 g/mol. The van der Waals surface area contributed by atoms with Gasteiger partial charge in [0.2, 0.25) is 0 Å². The Morgan fingerprint density at radius 2 is 0.656 bits per heavy atom. The van der Waals surface area contributed by atoms with Crippen LogP contribution in [0.5, 0.6) is 0 Å². The molecule has 3 unspecified atom stereocenters. The summed E-state index contributed by atoms with van der Waals surface area (Å²) in [7, 11) is 4.16. The fourth-order valence-electron chi connectivity index (χ4n) is 9.06. The van der Waals surface area contributed by atoms with Crippen molar-refractivity contribution in [3.05, 3.63) is 0 Å². The van der Waals surface area contributed by atoms with Gasteiger partial charge in [-0.1, -0.05) is 214 Å². The number of hydrogen-bond donors (Lipinski definition) is 0. The first-order valence-corrected chi connectivity index (χ1v) is 28.5. The molecule has 0 aliphatic rings. The lowest BCUT2D eigenvalue weighted by molar-refractivity contribution is -0.150. The van der Waals surface area contributed by atoms with E-state index < -0.39 is 0 Å². The van der Waals surface area contributed by atoms with Crippen molar-refractivity contribution in [2.75, 3.05) is 33.9 Å². The molecule has 380 valence electrons. The van der Waals surface area contributed by atoms with Gasteiger partial charge in [-0.2, -0.15) is 0 Å². The molecule has 0 radical (unpaired) electrons. The minimum absolute atomic E-state index is 0.0230. The Morgan fingerprint density at radius 3 is 1.00 bits per heavy atom. The molecule has 0 rings (SSSR count). The van der Waals surface area contributed by atoms with Crippen molar-refractivity contribution in [1.29, 1.82) is 0 Å². The molecule has 0 aliphatic carbocycles.